The van der Waals surface area contributed by atoms with E-state index < -0.39 is 23.6 Å². The second kappa shape index (κ2) is 6.88. The number of nitrogens with zero attached hydrogens (tertiary/aromatic N) is 3. The van der Waals surface area contributed by atoms with E-state index in [4.69, 9.17) is 20.8 Å². The standard InChI is InChI=1S/C16H20ClFN4O4/c1-16(2,3)26-15(24)22-6-8(4-9(23)7-22)19-14-21-13-12(25-14)10(18)5-11(17)20-13/h5,8-9,23H,4,6-7H2,1-3H3,(H,19,20,21)/t8-,9+/m1/s1. The van der Waals surface area contributed by atoms with Crippen molar-refractivity contribution >= 4 is 34.9 Å². The molecule has 2 aromatic heterocycles. The van der Waals surface area contributed by atoms with Crippen molar-refractivity contribution < 1.29 is 23.4 Å². The number of fused-ring (bicyclic) bond motifs is 1. The van der Waals surface area contributed by atoms with E-state index in [1.54, 1.807) is 20.8 Å². The molecule has 1 fully saturated rings. The molecule has 1 aliphatic rings. The molecule has 1 amide bonds. The van der Waals surface area contributed by atoms with Crippen molar-refractivity contribution in [1.29, 1.82) is 0 Å². The van der Waals surface area contributed by atoms with Crippen LogP contribution < -0.4 is 5.32 Å². The second-order valence-electron chi connectivity index (χ2n) is 7.21. The van der Waals surface area contributed by atoms with Gasteiger partial charge in [0.1, 0.15) is 10.8 Å². The average molecular weight is 387 g/mol. The highest BCUT2D eigenvalue weighted by atomic mass is 35.5. The average Bonchev–Trinajstić information content (AvgIpc) is 2.87. The summed E-state index contributed by atoms with van der Waals surface area (Å²) in [6, 6.07) is 0.725. The molecule has 0 spiro atoms. The van der Waals surface area contributed by atoms with Crippen LogP contribution >= 0.6 is 11.6 Å². The summed E-state index contributed by atoms with van der Waals surface area (Å²) >= 11 is 5.71. The highest BCUT2D eigenvalue weighted by Crippen LogP contribution is 2.25. The fourth-order valence-electron chi connectivity index (χ4n) is 2.74. The van der Waals surface area contributed by atoms with Crippen LogP contribution in [0.1, 0.15) is 27.2 Å². The molecule has 0 bridgehead atoms. The topological polar surface area (TPSA) is 101 Å². The number of aliphatic hydroxyl groups is 1. The molecular weight excluding hydrogens is 367 g/mol. The van der Waals surface area contributed by atoms with Gasteiger partial charge < -0.3 is 24.5 Å². The number of carbonyl (C=O) groups excluding carboxylic acids is 1. The molecule has 1 aliphatic heterocycles. The third kappa shape index (κ3) is 4.34. The number of rotatable bonds is 2. The lowest BCUT2D eigenvalue weighted by molar-refractivity contribution is 0.00167. The number of anilines is 1. The molecular formula is C16H20ClFN4O4. The van der Waals surface area contributed by atoms with Gasteiger partial charge in [-0.15, -0.1) is 0 Å². The van der Waals surface area contributed by atoms with Gasteiger partial charge in [0.15, 0.2) is 5.82 Å². The van der Waals surface area contributed by atoms with Crippen LogP contribution in [0.3, 0.4) is 0 Å². The van der Waals surface area contributed by atoms with Crippen LogP contribution in [0.5, 0.6) is 0 Å². The lowest BCUT2D eigenvalue weighted by atomic mass is 10.0. The number of pyridine rings is 1. The molecule has 0 aromatic carbocycles. The fraction of sp³-hybridized carbons (Fsp3) is 0.562. The van der Waals surface area contributed by atoms with E-state index in [1.165, 1.54) is 4.90 Å². The summed E-state index contributed by atoms with van der Waals surface area (Å²) in [6.45, 7) is 5.76. The normalized spacial score (nSPS) is 21.1. The lowest BCUT2D eigenvalue weighted by Gasteiger charge is -2.36. The number of aliphatic hydroxyl groups excluding tert-OH is 1. The van der Waals surface area contributed by atoms with Crippen LogP contribution in [0.4, 0.5) is 15.2 Å². The Morgan fingerprint density at radius 1 is 1.46 bits per heavy atom. The van der Waals surface area contributed by atoms with Crippen LogP contribution in [0.15, 0.2) is 10.5 Å². The zero-order valence-electron chi connectivity index (χ0n) is 14.6. The van der Waals surface area contributed by atoms with Crippen molar-refractivity contribution in [2.24, 2.45) is 0 Å². The first-order valence-corrected chi connectivity index (χ1v) is 8.53. The predicted octanol–water partition coefficient (Wildman–Crippen LogP) is 2.80. The van der Waals surface area contributed by atoms with E-state index >= 15 is 0 Å². The molecule has 2 atom stereocenters. The zero-order valence-corrected chi connectivity index (χ0v) is 15.4. The van der Waals surface area contributed by atoms with Crippen LogP contribution in [-0.4, -0.2) is 56.9 Å². The summed E-state index contributed by atoms with van der Waals surface area (Å²) in [5, 5.41) is 13.0. The Hall–Kier alpha value is -2.13. The number of amides is 1. The first kappa shape index (κ1) is 18.7. The quantitative estimate of drug-likeness (QED) is 0.765. The SMILES string of the molecule is CC(C)(C)OC(=O)N1C[C@@H](O)C[C@@H](Nc2nc3nc(Cl)cc(F)c3o2)C1. The molecule has 3 heterocycles. The summed E-state index contributed by atoms with van der Waals surface area (Å²) in [4.78, 5) is 21.6. The van der Waals surface area contributed by atoms with E-state index in [0.717, 1.165) is 6.07 Å². The van der Waals surface area contributed by atoms with Crippen LogP contribution in [0.2, 0.25) is 5.15 Å². The largest absolute Gasteiger partial charge is 0.444 e. The van der Waals surface area contributed by atoms with Gasteiger partial charge >= 0.3 is 6.09 Å². The van der Waals surface area contributed by atoms with Gasteiger partial charge in [0.05, 0.1) is 18.7 Å². The van der Waals surface area contributed by atoms with E-state index in [1.807, 2.05) is 0 Å². The number of aromatic nitrogens is 2. The van der Waals surface area contributed by atoms with Crippen molar-refractivity contribution in [3.05, 3.63) is 17.0 Å². The van der Waals surface area contributed by atoms with Crippen molar-refractivity contribution in [1.82, 2.24) is 14.9 Å². The number of ether oxygens (including phenoxy) is 1. The Morgan fingerprint density at radius 2 is 2.19 bits per heavy atom. The number of likely N-dealkylation sites (tertiary alicyclic amines) is 1. The van der Waals surface area contributed by atoms with Gasteiger partial charge in [0, 0.05) is 12.6 Å². The van der Waals surface area contributed by atoms with Gasteiger partial charge in [0.2, 0.25) is 11.2 Å². The van der Waals surface area contributed by atoms with E-state index in [9.17, 15) is 14.3 Å². The molecule has 0 aliphatic carbocycles. The Kier molecular flexibility index (Phi) is 4.94. The molecule has 2 aromatic rings. The van der Waals surface area contributed by atoms with Gasteiger partial charge in [-0.1, -0.05) is 11.6 Å². The number of halogens is 2. The minimum absolute atomic E-state index is 0.0287. The van der Waals surface area contributed by atoms with E-state index in [2.05, 4.69) is 15.3 Å². The minimum atomic E-state index is -0.734. The molecule has 8 nitrogen and oxygen atoms in total. The third-order valence-corrected chi connectivity index (χ3v) is 3.89. The number of oxazole rings is 1. The summed E-state index contributed by atoms with van der Waals surface area (Å²) < 4.78 is 24.5. The van der Waals surface area contributed by atoms with E-state index in [-0.39, 0.29) is 41.5 Å². The smallest absolute Gasteiger partial charge is 0.410 e. The lowest BCUT2D eigenvalue weighted by Crippen LogP contribution is -2.52. The molecule has 10 heteroatoms. The molecule has 0 saturated carbocycles. The summed E-state index contributed by atoms with van der Waals surface area (Å²) in [5.41, 5.74) is -0.708. The van der Waals surface area contributed by atoms with Gasteiger partial charge in [-0.25, -0.2) is 14.2 Å². The van der Waals surface area contributed by atoms with Crippen molar-refractivity contribution in [3.8, 4) is 0 Å². The number of carbonyl (C=O) groups is 1. The van der Waals surface area contributed by atoms with Crippen LogP contribution in [0.25, 0.3) is 11.2 Å². The first-order chi connectivity index (χ1) is 12.1. The summed E-state index contributed by atoms with van der Waals surface area (Å²) in [7, 11) is 0. The van der Waals surface area contributed by atoms with Gasteiger partial charge in [-0.3, -0.25) is 0 Å². The Labute approximate surface area is 154 Å². The molecule has 26 heavy (non-hydrogen) atoms. The van der Waals surface area contributed by atoms with Crippen molar-refractivity contribution in [2.45, 2.75) is 44.9 Å². The molecule has 0 unspecified atom stereocenters. The molecule has 142 valence electrons. The molecule has 2 N–H and O–H groups in total. The Balaban J connectivity index is 1.73. The van der Waals surface area contributed by atoms with Crippen LogP contribution in [0, 0.1) is 5.82 Å². The number of hydrogen-bond donors (Lipinski definition) is 2. The highest BCUT2D eigenvalue weighted by molar-refractivity contribution is 6.29. The Bertz CT molecular complexity index is 822. The first-order valence-electron chi connectivity index (χ1n) is 8.16. The molecule has 0 radical (unpaired) electrons. The molecule has 3 rings (SSSR count). The van der Waals surface area contributed by atoms with Gasteiger partial charge in [0.25, 0.3) is 6.01 Å². The highest BCUT2D eigenvalue weighted by Gasteiger charge is 2.32. The van der Waals surface area contributed by atoms with Crippen molar-refractivity contribution in [2.75, 3.05) is 18.4 Å². The number of piperidine rings is 1. The number of nitrogens with one attached hydrogen (secondary N) is 1. The van der Waals surface area contributed by atoms with Gasteiger partial charge in [-0.05, 0) is 27.2 Å². The minimum Gasteiger partial charge on any atom is -0.444 e. The van der Waals surface area contributed by atoms with Gasteiger partial charge in [-0.2, -0.15) is 4.98 Å². The van der Waals surface area contributed by atoms with Crippen molar-refractivity contribution in [3.63, 3.8) is 0 Å². The monoisotopic (exact) mass is 386 g/mol. The summed E-state index contributed by atoms with van der Waals surface area (Å²) in [6.07, 6.45) is -0.878. The predicted molar refractivity (Wildman–Crippen MR) is 92.6 cm³/mol. The summed E-state index contributed by atoms with van der Waals surface area (Å²) in [5.74, 6) is -0.667. The molecule has 1 saturated heterocycles. The van der Waals surface area contributed by atoms with Crippen LogP contribution in [-0.2, 0) is 4.74 Å². The third-order valence-electron chi connectivity index (χ3n) is 3.69. The maximum Gasteiger partial charge on any atom is 0.410 e. The Morgan fingerprint density at radius 3 is 2.88 bits per heavy atom. The number of hydrogen-bond acceptors (Lipinski definition) is 7. The fourth-order valence-corrected chi connectivity index (χ4v) is 2.91. The number of β-amino-alcohol motifs (C(OH)–C–C–N with tert-alkyl or cyclic N) is 1. The zero-order chi connectivity index (χ0) is 19.1. The second-order valence-corrected chi connectivity index (χ2v) is 7.60. The maximum atomic E-state index is 13.8. The van der Waals surface area contributed by atoms with E-state index in [0.29, 0.717) is 6.42 Å². The maximum absolute atomic E-state index is 13.8.